The Labute approximate surface area is 307 Å². The number of pyridine rings is 1. The van der Waals surface area contributed by atoms with E-state index in [1.54, 1.807) is 43.3 Å². The highest BCUT2D eigenvalue weighted by molar-refractivity contribution is 7.12. The average molecular weight is 740 g/mol. The summed E-state index contributed by atoms with van der Waals surface area (Å²) < 4.78 is 24.9. The van der Waals surface area contributed by atoms with E-state index in [-0.39, 0.29) is 24.9 Å². The number of benzene rings is 2. The van der Waals surface area contributed by atoms with E-state index in [0.29, 0.717) is 45.1 Å². The van der Waals surface area contributed by atoms with Crippen LogP contribution in [0.15, 0.2) is 73.1 Å². The molecule has 3 aliphatic rings. The predicted octanol–water partition coefficient (Wildman–Crippen LogP) is 6.43. The van der Waals surface area contributed by atoms with E-state index < -0.39 is 18.1 Å². The summed E-state index contributed by atoms with van der Waals surface area (Å²) in [7, 11) is 4.96. The number of nitrogens with zero attached hydrogens (tertiary/aromatic N) is 2. The summed E-state index contributed by atoms with van der Waals surface area (Å²) in [6.07, 6.45) is 5.23. The quantitative estimate of drug-likeness (QED) is 0.117. The van der Waals surface area contributed by atoms with E-state index in [2.05, 4.69) is 10.2 Å². The Bertz CT molecular complexity index is 1770. The number of rotatable bonds is 14. The first-order valence-corrected chi connectivity index (χ1v) is 18.3. The number of nitrogens with one attached hydrogen (secondary N) is 1. The third-order valence-corrected chi connectivity index (χ3v) is 11.1. The average Bonchev–Trinajstić information content (AvgIpc) is 3.56. The highest BCUT2D eigenvalue weighted by Gasteiger charge is 2.38. The van der Waals surface area contributed by atoms with E-state index in [4.69, 9.17) is 42.1 Å². The van der Waals surface area contributed by atoms with Crippen LogP contribution in [0, 0.1) is 5.92 Å². The third kappa shape index (κ3) is 8.79. The topological polar surface area (TPSA) is 90.2 Å². The number of aromatic nitrogens is 1. The SMILES string of the molecule is COc1ccc([C@H](Cc2c(Cl)c[n+](C)cc2Cl)OC(=O)Cc2ccc(CNC(C(=O)O[C@H]3CN4CCC3CC4)c3ccccc3)s2)cc1OC. The number of halogens is 2. The number of carbonyl (C=O) groups is 2. The minimum Gasteiger partial charge on any atom is -0.493 e. The van der Waals surface area contributed by atoms with Crippen LogP contribution in [0.1, 0.15) is 51.4 Å². The maximum atomic E-state index is 13.6. The number of thiophene rings is 1. The van der Waals surface area contributed by atoms with Crippen LogP contribution in [0.2, 0.25) is 10.0 Å². The van der Waals surface area contributed by atoms with Gasteiger partial charge in [0.05, 0.1) is 20.6 Å². The molecule has 0 saturated carbocycles. The molecule has 4 aromatic rings. The molecule has 3 fully saturated rings. The Morgan fingerprint density at radius 3 is 2.30 bits per heavy atom. The van der Waals surface area contributed by atoms with Crippen molar-refractivity contribution < 1.29 is 33.1 Å². The number of aryl methyl sites for hydroxylation is 1. The van der Waals surface area contributed by atoms with E-state index in [0.717, 1.165) is 47.8 Å². The summed E-state index contributed by atoms with van der Waals surface area (Å²) in [6, 6.07) is 18.4. The van der Waals surface area contributed by atoms with Crippen molar-refractivity contribution in [2.75, 3.05) is 33.9 Å². The molecule has 3 atom stereocenters. The summed E-state index contributed by atoms with van der Waals surface area (Å²) >= 11 is 14.7. The summed E-state index contributed by atoms with van der Waals surface area (Å²) in [4.78, 5) is 31.2. The number of methoxy groups -OCH3 is 2. The Kier molecular flexibility index (Phi) is 12.0. The van der Waals surface area contributed by atoms with Gasteiger partial charge in [-0.05, 0) is 67.2 Å². The van der Waals surface area contributed by atoms with Gasteiger partial charge in [-0.1, -0.05) is 59.6 Å². The summed E-state index contributed by atoms with van der Waals surface area (Å²) in [5.74, 6) is 0.841. The van der Waals surface area contributed by atoms with Gasteiger partial charge in [0.2, 0.25) is 0 Å². The number of hydrogen-bond donors (Lipinski definition) is 1. The fourth-order valence-electron chi connectivity index (χ4n) is 6.73. The van der Waals surface area contributed by atoms with Gasteiger partial charge >= 0.3 is 11.9 Å². The number of piperidine rings is 3. The van der Waals surface area contributed by atoms with Gasteiger partial charge in [-0.15, -0.1) is 11.3 Å². The smallest absolute Gasteiger partial charge is 0.328 e. The zero-order valence-corrected chi connectivity index (χ0v) is 30.7. The van der Waals surface area contributed by atoms with Gasteiger partial charge in [0, 0.05) is 34.8 Å². The highest BCUT2D eigenvalue weighted by atomic mass is 35.5. The lowest BCUT2D eigenvalue weighted by Crippen LogP contribution is -2.52. The maximum absolute atomic E-state index is 13.6. The Morgan fingerprint density at radius 1 is 0.940 bits per heavy atom. The number of esters is 2. The molecule has 3 saturated heterocycles. The molecule has 2 bridgehead atoms. The fourth-order valence-corrected chi connectivity index (χ4v) is 8.40. The minimum absolute atomic E-state index is 0.0721. The first kappa shape index (κ1) is 36.1. The molecule has 0 spiro atoms. The van der Waals surface area contributed by atoms with E-state index in [9.17, 15) is 9.59 Å². The second-order valence-corrected chi connectivity index (χ2v) is 14.8. The molecule has 2 aromatic heterocycles. The second kappa shape index (κ2) is 16.6. The van der Waals surface area contributed by atoms with Crippen LogP contribution in [-0.2, 0) is 45.5 Å². The molecule has 0 radical (unpaired) electrons. The van der Waals surface area contributed by atoms with Crippen LogP contribution in [0.25, 0.3) is 0 Å². The van der Waals surface area contributed by atoms with Crippen molar-refractivity contribution in [3.8, 4) is 11.5 Å². The maximum Gasteiger partial charge on any atom is 0.328 e. The molecule has 1 N–H and O–H groups in total. The van der Waals surface area contributed by atoms with Crippen molar-refractivity contribution in [3.05, 3.63) is 110 Å². The lowest BCUT2D eigenvalue weighted by Gasteiger charge is -2.44. The molecule has 9 nitrogen and oxygen atoms in total. The van der Waals surface area contributed by atoms with E-state index >= 15 is 0 Å². The largest absolute Gasteiger partial charge is 0.493 e. The highest BCUT2D eigenvalue weighted by Crippen LogP contribution is 2.36. The van der Waals surface area contributed by atoms with Crippen molar-refractivity contribution in [2.45, 2.75) is 50.5 Å². The zero-order chi connectivity index (χ0) is 35.2. The molecule has 2 aromatic carbocycles. The van der Waals surface area contributed by atoms with Gasteiger partial charge in [0.25, 0.3) is 0 Å². The first-order chi connectivity index (χ1) is 24.2. The standard InChI is InChI=1S/C38H42Cl2N3O6S/c1-42-21-30(39)29(31(40)22-42)19-33(26-9-12-32(46-2)34(17-26)47-3)48-36(44)18-27-10-11-28(50-27)20-41-37(25-7-5-4-6-8-25)38(45)49-35-23-43-15-13-24(35)14-16-43/h4-12,17,21-22,24,33,35,37,41H,13-16,18-20,23H2,1-3H3/q+1/t33-,35-,37?/m0/s1. The van der Waals surface area contributed by atoms with Crippen molar-refractivity contribution in [3.63, 3.8) is 0 Å². The van der Waals surface area contributed by atoms with Crippen LogP contribution in [0.3, 0.4) is 0 Å². The zero-order valence-electron chi connectivity index (χ0n) is 28.4. The summed E-state index contributed by atoms with van der Waals surface area (Å²) in [5, 5.41) is 4.37. The Hall–Kier alpha value is -3.67. The Morgan fingerprint density at radius 2 is 1.64 bits per heavy atom. The molecule has 50 heavy (non-hydrogen) atoms. The van der Waals surface area contributed by atoms with Crippen molar-refractivity contribution in [2.24, 2.45) is 13.0 Å². The second-order valence-electron chi connectivity index (χ2n) is 12.8. The van der Waals surface area contributed by atoms with E-state index in [1.165, 1.54) is 11.3 Å². The Balaban J connectivity index is 1.13. The summed E-state index contributed by atoms with van der Waals surface area (Å²) in [5.41, 5.74) is 2.24. The van der Waals surface area contributed by atoms with Gasteiger partial charge in [-0.2, -0.15) is 0 Å². The molecule has 3 aliphatic heterocycles. The molecular weight excluding hydrogens is 697 g/mol. The van der Waals surface area contributed by atoms with Gasteiger partial charge in [-0.25, -0.2) is 9.36 Å². The van der Waals surface area contributed by atoms with Crippen LogP contribution < -0.4 is 19.4 Å². The minimum atomic E-state index is -0.695. The summed E-state index contributed by atoms with van der Waals surface area (Å²) in [6.45, 7) is 3.41. The number of fused-ring (bicyclic) bond motifs is 3. The van der Waals surface area contributed by atoms with Gasteiger partial charge in [0.1, 0.15) is 35.3 Å². The normalized spacial score (nSPS) is 19.4. The molecule has 264 valence electrons. The third-order valence-electron chi connectivity index (χ3n) is 9.40. The lowest BCUT2D eigenvalue weighted by molar-refractivity contribution is -0.671. The van der Waals surface area contributed by atoms with Crippen molar-refractivity contribution in [1.82, 2.24) is 10.2 Å². The van der Waals surface area contributed by atoms with Gasteiger partial charge < -0.3 is 18.9 Å². The first-order valence-electron chi connectivity index (χ1n) is 16.7. The molecule has 5 heterocycles. The van der Waals surface area contributed by atoms with Gasteiger partial charge in [0.15, 0.2) is 23.9 Å². The van der Waals surface area contributed by atoms with Crippen LogP contribution >= 0.6 is 34.5 Å². The molecule has 1 unspecified atom stereocenters. The number of carbonyl (C=O) groups excluding carboxylic acids is 2. The molecule has 0 amide bonds. The number of ether oxygens (including phenoxy) is 4. The van der Waals surface area contributed by atoms with Crippen LogP contribution in [0.5, 0.6) is 11.5 Å². The van der Waals surface area contributed by atoms with Crippen LogP contribution in [0.4, 0.5) is 0 Å². The molecular formula is C38H42Cl2N3O6S+. The fraction of sp³-hybridized carbons (Fsp3) is 0.395. The molecule has 12 heteroatoms. The molecule has 7 rings (SSSR count). The monoisotopic (exact) mass is 738 g/mol. The van der Waals surface area contributed by atoms with Crippen LogP contribution in [-0.4, -0.2) is 56.8 Å². The van der Waals surface area contributed by atoms with E-state index in [1.807, 2.05) is 55.6 Å². The lowest BCUT2D eigenvalue weighted by atomic mass is 9.86. The molecule has 0 aliphatic carbocycles. The van der Waals surface area contributed by atoms with Gasteiger partial charge in [-0.3, -0.25) is 15.0 Å². The van der Waals surface area contributed by atoms with Crippen molar-refractivity contribution >= 4 is 46.5 Å². The number of hydrogen-bond acceptors (Lipinski definition) is 9. The predicted molar refractivity (Wildman–Crippen MR) is 193 cm³/mol. The van der Waals surface area contributed by atoms with Crippen molar-refractivity contribution in [1.29, 1.82) is 0 Å².